The minimum absolute atomic E-state index is 0.210. The molecule has 0 radical (unpaired) electrons. The molecule has 2 heterocycles. The van der Waals surface area contributed by atoms with Crippen LogP contribution in [0.25, 0.3) is 5.69 Å². The molecule has 0 aliphatic carbocycles. The summed E-state index contributed by atoms with van der Waals surface area (Å²) in [7, 11) is 1.62. The summed E-state index contributed by atoms with van der Waals surface area (Å²) in [6, 6.07) is 7.13. The molecule has 0 spiro atoms. The Bertz CT molecular complexity index is 940. The van der Waals surface area contributed by atoms with Crippen LogP contribution < -0.4 is 10.1 Å². The zero-order valence-electron chi connectivity index (χ0n) is 17.3. The van der Waals surface area contributed by atoms with Crippen LogP contribution in [0.1, 0.15) is 41.9 Å². The van der Waals surface area contributed by atoms with Gasteiger partial charge in [-0.15, -0.1) is 0 Å². The van der Waals surface area contributed by atoms with Crippen molar-refractivity contribution < 1.29 is 13.9 Å². The predicted molar refractivity (Wildman–Crippen MR) is 111 cm³/mol. The molecule has 7 heteroatoms. The Hall–Kier alpha value is -3.22. The van der Waals surface area contributed by atoms with Gasteiger partial charge in [0.05, 0.1) is 25.8 Å². The molecule has 0 fully saturated rings. The molecule has 3 rings (SSSR count). The van der Waals surface area contributed by atoms with Crippen molar-refractivity contribution in [2.24, 2.45) is 0 Å². The number of aromatic nitrogens is 3. The third-order valence-corrected chi connectivity index (χ3v) is 4.22. The summed E-state index contributed by atoms with van der Waals surface area (Å²) in [5, 5.41) is 2.88. The van der Waals surface area contributed by atoms with E-state index in [1.165, 1.54) is 18.5 Å². The highest BCUT2D eigenvalue weighted by atomic mass is 19.1. The maximum atomic E-state index is 13.1. The van der Waals surface area contributed by atoms with Gasteiger partial charge in [-0.3, -0.25) is 14.3 Å². The van der Waals surface area contributed by atoms with Gasteiger partial charge in [-0.25, -0.2) is 9.37 Å². The second-order valence-electron chi connectivity index (χ2n) is 6.17. The summed E-state index contributed by atoms with van der Waals surface area (Å²) in [5.41, 5.74) is 3.07. The maximum absolute atomic E-state index is 13.1. The van der Waals surface area contributed by atoms with Crippen LogP contribution in [0.5, 0.6) is 5.75 Å². The first-order valence-corrected chi connectivity index (χ1v) is 9.63. The number of benzene rings is 1. The van der Waals surface area contributed by atoms with Crippen LogP contribution in [0.2, 0.25) is 0 Å². The van der Waals surface area contributed by atoms with Gasteiger partial charge in [-0.05, 0) is 55.2 Å². The smallest absolute Gasteiger partial charge is 0.269 e. The summed E-state index contributed by atoms with van der Waals surface area (Å²) < 4.78 is 20.1. The van der Waals surface area contributed by atoms with E-state index in [4.69, 9.17) is 4.74 Å². The van der Waals surface area contributed by atoms with Crippen LogP contribution in [0.15, 0.2) is 49.2 Å². The highest BCUT2D eigenvalue weighted by molar-refractivity contribution is 5.93. The number of halogens is 1. The van der Waals surface area contributed by atoms with Gasteiger partial charge in [0.1, 0.15) is 17.3 Å². The summed E-state index contributed by atoms with van der Waals surface area (Å²) in [5.74, 6) is 0.227. The van der Waals surface area contributed by atoms with Crippen molar-refractivity contribution in [2.45, 2.75) is 33.6 Å². The number of carbonyl (C=O) groups is 1. The molecule has 2 aromatic heterocycles. The van der Waals surface area contributed by atoms with E-state index in [0.29, 0.717) is 25.1 Å². The van der Waals surface area contributed by atoms with Crippen LogP contribution >= 0.6 is 0 Å². The quantitative estimate of drug-likeness (QED) is 0.608. The monoisotopic (exact) mass is 398 g/mol. The highest BCUT2D eigenvalue weighted by Gasteiger charge is 2.13. The van der Waals surface area contributed by atoms with Gasteiger partial charge in [-0.1, -0.05) is 13.8 Å². The molecule has 0 unspecified atom stereocenters. The molecule has 0 saturated carbocycles. The number of aryl methyl sites for hydroxylation is 2. The van der Waals surface area contributed by atoms with E-state index in [1.807, 2.05) is 39.0 Å². The molecule has 3 aromatic rings. The minimum Gasteiger partial charge on any atom is -0.496 e. The molecule has 0 atom stereocenters. The Morgan fingerprint density at radius 1 is 1.17 bits per heavy atom. The molecule has 6 nitrogen and oxygen atoms in total. The number of rotatable bonds is 7. The van der Waals surface area contributed by atoms with Crippen LogP contribution in [-0.2, 0) is 6.42 Å². The van der Waals surface area contributed by atoms with Crippen molar-refractivity contribution >= 4 is 5.91 Å². The van der Waals surface area contributed by atoms with Gasteiger partial charge in [0.15, 0.2) is 0 Å². The number of hydrogen-bond donors (Lipinski definition) is 1. The lowest BCUT2D eigenvalue weighted by Gasteiger charge is -2.11. The number of carbonyl (C=O) groups excluding carboxylic acids is 1. The number of amides is 1. The Morgan fingerprint density at radius 2 is 1.97 bits per heavy atom. The fraction of sp³-hybridized carbons (Fsp3) is 0.318. The summed E-state index contributed by atoms with van der Waals surface area (Å²) in [6.45, 7) is 6.42. The number of hydrogen-bond acceptors (Lipinski definition) is 4. The number of imidazole rings is 1. The van der Waals surface area contributed by atoms with Crippen molar-refractivity contribution in [3.63, 3.8) is 0 Å². The molecular weight excluding hydrogens is 371 g/mol. The van der Waals surface area contributed by atoms with Crippen LogP contribution in [0, 0.1) is 12.7 Å². The molecule has 0 saturated heterocycles. The molecule has 154 valence electrons. The lowest BCUT2D eigenvalue weighted by Crippen LogP contribution is -2.26. The van der Waals surface area contributed by atoms with E-state index >= 15 is 0 Å². The average Bonchev–Trinajstić information content (AvgIpc) is 3.22. The van der Waals surface area contributed by atoms with Crippen molar-refractivity contribution in [1.29, 1.82) is 0 Å². The van der Waals surface area contributed by atoms with Crippen LogP contribution in [0.4, 0.5) is 4.39 Å². The first-order chi connectivity index (χ1) is 14.1. The normalized spacial score (nSPS) is 10.1. The van der Waals surface area contributed by atoms with Crippen molar-refractivity contribution in [1.82, 2.24) is 19.9 Å². The Morgan fingerprint density at radius 3 is 2.66 bits per heavy atom. The summed E-state index contributed by atoms with van der Waals surface area (Å²) in [6.07, 6.45) is 7.27. The molecule has 29 heavy (non-hydrogen) atoms. The number of nitrogens with one attached hydrogen (secondary N) is 1. The van der Waals surface area contributed by atoms with Gasteiger partial charge in [0.2, 0.25) is 0 Å². The van der Waals surface area contributed by atoms with Gasteiger partial charge in [0, 0.05) is 18.4 Å². The Kier molecular flexibility index (Phi) is 8.33. The van der Waals surface area contributed by atoms with Gasteiger partial charge in [0.25, 0.3) is 5.91 Å². The van der Waals surface area contributed by atoms with Crippen molar-refractivity contribution in [3.8, 4) is 11.4 Å². The third-order valence-electron chi connectivity index (χ3n) is 4.22. The van der Waals surface area contributed by atoms with E-state index in [0.717, 1.165) is 22.6 Å². The highest BCUT2D eigenvalue weighted by Crippen LogP contribution is 2.21. The van der Waals surface area contributed by atoms with E-state index < -0.39 is 0 Å². The maximum Gasteiger partial charge on any atom is 0.269 e. The predicted octanol–water partition coefficient (Wildman–Crippen LogP) is 4.11. The van der Waals surface area contributed by atoms with E-state index in [1.54, 1.807) is 24.2 Å². The second-order valence-corrected chi connectivity index (χ2v) is 6.17. The van der Waals surface area contributed by atoms with Crippen molar-refractivity contribution in [3.05, 3.63) is 71.8 Å². The van der Waals surface area contributed by atoms with Gasteiger partial charge < -0.3 is 10.1 Å². The summed E-state index contributed by atoms with van der Waals surface area (Å²) in [4.78, 5) is 20.4. The molecule has 0 bridgehead atoms. The van der Waals surface area contributed by atoms with Gasteiger partial charge >= 0.3 is 0 Å². The van der Waals surface area contributed by atoms with Gasteiger partial charge in [-0.2, -0.15) is 0 Å². The largest absolute Gasteiger partial charge is 0.496 e. The SMILES string of the molecule is CC.COc1ccc(-n2cncc2C(=O)NCCCc2cncc(F)c2)cc1C. The lowest BCUT2D eigenvalue weighted by molar-refractivity contribution is 0.0946. The number of ether oxygens (including phenoxy) is 1. The topological polar surface area (TPSA) is 69.0 Å². The molecular formula is C22H27FN4O2. The van der Waals surface area contributed by atoms with E-state index in [9.17, 15) is 9.18 Å². The number of pyridine rings is 1. The van der Waals surface area contributed by atoms with Crippen LogP contribution in [0.3, 0.4) is 0 Å². The number of methoxy groups -OCH3 is 1. The minimum atomic E-state index is -0.352. The lowest BCUT2D eigenvalue weighted by atomic mass is 10.1. The third kappa shape index (κ3) is 5.88. The zero-order valence-corrected chi connectivity index (χ0v) is 17.3. The number of nitrogens with zero attached hydrogens (tertiary/aromatic N) is 3. The fourth-order valence-corrected chi connectivity index (χ4v) is 2.86. The molecule has 1 amide bonds. The molecule has 1 N–H and O–H groups in total. The molecule has 1 aromatic carbocycles. The first-order valence-electron chi connectivity index (χ1n) is 9.63. The summed E-state index contributed by atoms with van der Waals surface area (Å²) >= 11 is 0. The van der Waals surface area contributed by atoms with E-state index in [-0.39, 0.29) is 11.7 Å². The molecule has 0 aliphatic rings. The second kappa shape index (κ2) is 10.9. The molecule has 0 aliphatic heterocycles. The Labute approximate surface area is 170 Å². The Balaban J connectivity index is 0.00000145. The van der Waals surface area contributed by atoms with E-state index in [2.05, 4.69) is 15.3 Å². The average molecular weight is 398 g/mol. The zero-order chi connectivity index (χ0) is 21.2. The standard InChI is InChI=1S/C20H21FN4O2.C2H6/c1-14-8-17(5-6-19(14)27-2)25-13-23-12-18(25)20(26)24-7-3-4-15-9-16(21)11-22-10-15;1-2/h5-6,8-13H,3-4,7H2,1-2H3,(H,24,26);1-2H3. The van der Waals surface area contributed by atoms with Crippen molar-refractivity contribution in [2.75, 3.05) is 13.7 Å². The fourth-order valence-electron chi connectivity index (χ4n) is 2.86. The van der Waals surface area contributed by atoms with Crippen LogP contribution in [-0.4, -0.2) is 34.1 Å². The first kappa shape index (κ1) is 22.1.